The summed E-state index contributed by atoms with van der Waals surface area (Å²) < 4.78 is 24.1. The standard InChI is InChI=1S/C30H24N2O4/c31-25-13-1-3-15-27(25)33-21-9-7-11-23(19-21)35-29-17-5-6-18-30(29)36-24-12-8-10-22(20-24)34-28-16-4-2-14-26(28)32/h1-20H,31-32H2. The molecule has 0 atom stereocenters. The van der Waals surface area contributed by atoms with E-state index >= 15 is 0 Å². The molecule has 0 aliphatic heterocycles. The zero-order chi connectivity index (χ0) is 24.7. The first-order valence-electron chi connectivity index (χ1n) is 11.3. The van der Waals surface area contributed by atoms with Crippen LogP contribution in [0.15, 0.2) is 121 Å². The van der Waals surface area contributed by atoms with Gasteiger partial charge in [0.25, 0.3) is 0 Å². The summed E-state index contributed by atoms with van der Waals surface area (Å²) >= 11 is 0. The Morgan fingerprint density at radius 3 is 1.00 bits per heavy atom. The predicted octanol–water partition coefficient (Wildman–Crippen LogP) is 8.02. The molecule has 0 fully saturated rings. The Morgan fingerprint density at radius 1 is 0.333 bits per heavy atom. The molecule has 0 saturated heterocycles. The van der Waals surface area contributed by atoms with Crippen LogP contribution in [-0.4, -0.2) is 0 Å². The Kier molecular flexibility index (Phi) is 6.58. The molecular weight excluding hydrogens is 452 g/mol. The average molecular weight is 477 g/mol. The van der Waals surface area contributed by atoms with Crippen LogP contribution >= 0.6 is 0 Å². The third-order valence-electron chi connectivity index (χ3n) is 5.21. The summed E-state index contributed by atoms with van der Waals surface area (Å²) in [4.78, 5) is 0. The van der Waals surface area contributed by atoms with Crippen LogP contribution in [0.1, 0.15) is 0 Å². The highest BCUT2D eigenvalue weighted by molar-refractivity contribution is 5.55. The molecule has 0 saturated carbocycles. The minimum Gasteiger partial charge on any atom is -0.455 e. The van der Waals surface area contributed by atoms with Crippen LogP contribution in [0.4, 0.5) is 11.4 Å². The van der Waals surface area contributed by atoms with E-state index in [0.717, 1.165) is 0 Å². The zero-order valence-corrected chi connectivity index (χ0v) is 19.3. The number of benzene rings is 5. The lowest BCUT2D eigenvalue weighted by atomic mass is 10.2. The van der Waals surface area contributed by atoms with Crippen LogP contribution < -0.4 is 30.4 Å². The van der Waals surface area contributed by atoms with Gasteiger partial charge in [-0.15, -0.1) is 0 Å². The van der Waals surface area contributed by atoms with Crippen LogP contribution in [0.3, 0.4) is 0 Å². The van der Waals surface area contributed by atoms with E-state index in [4.69, 9.17) is 30.4 Å². The van der Waals surface area contributed by atoms with Gasteiger partial charge in [0.1, 0.15) is 34.5 Å². The van der Waals surface area contributed by atoms with Gasteiger partial charge in [-0.25, -0.2) is 0 Å². The number of para-hydroxylation sites is 6. The van der Waals surface area contributed by atoms with Crippen LogP contribution in [0.5, 0.6) is 46.0 Å². The molecule has 6 heteroatoms. The second kappa shape index (κ2) is 10.4. The molecule has 178 valence electrons. The first-order valence-corrected chi connectivity index (χ1v) is 11.3. The van der Waals surface area contributed by atoms with Crippen molar-refractivity contribution in [2.45, 2.75) is 0 Å². The van der Waals surface area contributed by atoms with Crippen LogP contribution in [0.25, 0.3) is 0 Å². The minimum absolute atomic E-state index is 0.549. The van der Waals surface area contributed by atoms with Gasteiger partial charge in [-0.05, 0) is 60.7 Å². The quantitative estimate of drug-likeness (QED) is 0.220. The lowest BCUT2D eigenvalue weighted by Gasteiger charge is -2.14. The monoisotopic (exact) mass is 476 g/mol. The number of ether oxygens (including phenoxy) is 4. The Morgan fingerprint density at radius 2 is 0.639 bits per heavy atom. The van der Waals surface area contributed by atoms with Crippen molar-refractivity contribution >= 4 is 11.4 Å². The van der Waals surface area contributed by atoms with Crippen molar-refractivity contribution in [1.82, 2.24) is 0 Å². The molecular formula is C30H24N2O4. The van der Waals surface area contributed by atoms with E-state index in [-0.39, 0.29) is 0 Å². The van der Waals surface area contributed by atoms with Gasteiger partial charge < -0.3 is 30.4 Å². The third-order valence-corrected chi connectivity index (χ3v) is 5.21. The zero-order valence-electron chi connectivity index (χ0n) is 19.3. The van der Waals surface area contributed by atoms with E-state index in [9.17, 15) is 0 Å². The molecule has 0 spiro atoms. The number of rotatable bonds is 8. The van der Waals surface area contributed by atoms with Gasteiger partial charge in [0, 0.05) is 12.1 Å². The predicted molar refractivity (Wildman–Crippen MR) is 141 cm³/mol. The van der Waals surface area contributed by atoms with Crippen molar-refractivity contribution in [1.29, 1.82) is 0 Å². The Balaban J connectivity index is 1.33. The molecule has 5 aromatic rings. The first kappa shape index (κ1) is 22.7. The molecule has 0 amide bonds. The SMILES string of the molecule is Nc1ccccc1Oc1cccc(Oc2ccccc2Oc2cccc(Oc3ccccc3N)c2)c1. The van der Waals surface area contributed by atoms with E-state index in [2.05, 4.69) is 0 Å². The number of nitrogen functional groups attached to an aromatic ring is 2. The number of hydrogen-bond donors (Lipinski definition) is 2. The maximum atomic E-state index is 6.15. The highest BCUT2D eigenvalue weighted by Gasteiger charge is 2.10. The maximum absolute atomic E-state index is 6.15. The normalized spacial score (nSPS) is 10.4. The second-order valence-corrected chi connectivity index (χ2v) is 7.88. The Hall–Kier alpha value is -5.10. The number of nitrogens with two attached hydrogens (primary N) is 2. The number of hydrogen-bond acceptors (Lipinski definition) is 6. The highest BCUT2D eigenvalue weighted by Crippen LogP contribution is 2.38. The summed E-state index contributed by atoms with van der Waals surface area (Å²) in [6, 6.07) is 36.8. The molecule has 0 heterocycles. The van der Waals surface area contributed by atoms with Crippen molar-refractivity contribution in [2.24, 2.45) is 0 Å². The van der Waals surface area contributed by atoms with Crippen LogP contribution in [0.2, 0.25) is 0 Å². The van der Waals surface area contributed by atoms with Gasteiger partial charge in [0.2, 0.25) is 0 Å². The molecule has 0 radical (unpaired) electrons. The summed E-state index contributed by atoms with van der Waals surface area (Å²) in [5.74, 6) is 4.66. The average Bonchev–Trinajstić information content (AvgIpc) is 2.89. The van der Waals surface area contributed by atoms with E-state index in [1.54, 1.807) is 24.3 Å². The summed E-state index contributed by atoms with van der Waals surface area (Å²) in [6.45, 7) is 0. The largest absolute Gasteiger partial charge is 0.455 e. The maximum Gasteiger partial charge on any atom is 0.169 e. The third kappa shape index (κ3) is 5.51. The Labute approximate surface area is 209 Å². The van der Waals surface area contributed by atoms with Crippen LogP contribution in [0, 0.1) is 0 Å². The van der Waals surface area contributed by atoms with Gasteiger partial charge in [0.05, 0.1) is 11.4 Å². The summed E-state index contributed by atoms with van der Waals surface area (Å²) in [5, 5.41) is 0. The summed E-state index contributed by atoms with van der Waals surface area (Å²) in [5.41, 5.74) is 13.1. The fraction of sp³-hybridized carbons (Fsp3) is 0. The number of anilines is 2. The van der Waals surface area contributed by atoms with Gasteiger partial charge >= 0.3 is 0 Å². The molecule has 0 aliphatic carbocycles. The second-order valence-electron chi connectivity index (χ2n) is 7.88. The molecule has 0 aliphatic rings. The molecule has 5 aromatic carbocycles. The molecule has 4 N–H and O–H groups in total. The molecule has 36 heavy (non-hydrogen) atoms. The van der Waals surface area contributed by atoms with Crippen molar-refractivity contribution < 1.29 is 18.9 Å². The molecule has 0 bridgehead atoms. The molecule has 5 rings (SSSR count). The minimum atomic E-state index is 0.549. The van der Waals surface area contributed by atoms with E-state index in [1.807, 2.05) is 97.1 Å². The summed E-state index contributed by atoms with van der Waals surface area (Å²) in [7, 11) is 0. The fourth-order valence-electron chi connectivity index (χ4n) is 3.48. The fourth-order valence-corrected chi connectivity index (χ4v) is 3.48. The lowest BCUT2D eigenvalue weighted by Crippen LogP contribution is -1.93. The first-order chi connectivity index (χ1) is 17.6. The van der Waals surface area contributed by atoms with Gasteiger partial charge in [-0.3, -0.25) is 0 Å². The van der Waals surface area contributed by atoms with Crippen molar-refractivity contribution in [3.8, 4) is 46.0 Å². The molecule has 0 aromatic heterocycles. The van der Waals surface area contributed by atoms with Crippen molar-refractivity contribution in [2.75, 3.05) is 11.5 Å². The Bertz CT molecular complexity index is 1370. The summed E-state index contributed by atoms with van der Waals surface area (Å²) in [6.07, 6.45) is 0. The van der Waals surface area contributed by atoms with E-state index in [0.29, 0.717) is 57.4 Å². The van der Waals surface area contributed by atoms with Crippen LogP contribution in [-0.2, 0) is 0 Å². The van der Waals surface area contributed by atoms with Gasteiger partial charge in [0.15, 0.2) is 11.5 Å². The van der Waals surface area contributed by atoms with E-state index < -0.39 is 0 Å². The van der Waals surface area contributed by atoms with Crippen molar-refractivity contribution in [3.63, 3.8) is 0 Å². The van der Waals surface area contributed by atoms with Gasteiger partial charge in [-0.1, -0.05) is 48.5 Å². The molecule has 6 nitrogen and oxygen atoms in total. The smallest absolute Gasteiger partial charge is 0.169 e. The van der Waals surface area contributed by atoms with Gasteiger partial charge in [-0.2, -0.15) is 0 Å². The van der Waals surface area contributed by atoms with Crippen molar-refractivity contribution in [3.05, 3.63) is 121 Å². The highest BCUT2D eigenvalue weighted by atomic mass is 16.5. The lowest BCUT2D eigenvalue weighted by molar-refractivity contribution is 0.413. The van der Waals surface area contributed by atoms with E-state index in [1.165, 1.54) is 0 Å². The molecule has 0 unspecified atom stereocenters. The topological polar surface area (TPSA) is 89.0 Å².